The average Bonchev–Trinajstić information content (AvgIpc) is 3.27. The van der Waals surface area contributed by atoms with Gasteiger partial charge in [0, 0.05) is 17.3 Å². The highest BCUT2D eigenvalue weighted by molar-refractivity contribution is 5.93. The Morgan fingerprint density at radius 2 is 1.86 bits per heavy atom. The fourth-order valence-corrected chi connectivity index (χ4v) is 3.88. The number of rotatable bonds is 3. The van der Waals surface area contributed by atoms with Gasteiger partial charge >= 0.3 is 12.1 Å². The van der Waals surface area contributed by atoms with Crippen LogP contribution >= 0.6 is 0 Å². The molecule has 0 saturated heterocycles. The summed E-state index contributed by atoms with van der Waals surface area (Å²) >= 11 is 0. The average molecular weight is 389 g/mol. The summed E-state index contributed by atoms with van der Waals surface area (Å²) in [6.07, 6.45) is -0.677. The lowest BCUT2D eigenvalue weighted by atomic mass is 10.1. The number of imidazole rings is 1. The van der Waals surface area contributed by atoms with E-state index in [1.165, 1.54) is 18.2 Å². The van der Waals surface area contributed by atoms with Crippen molar-refractivity contribution in [3.05, 3.63) is 47.5 Å². The van der Waals surface area contributed by atoms with Crippen molar-refractivity contribution in [1.82, 2.24) is 9.55 Å². The van der Waals surface area contributed by atoms with Gasteiger partial charge in [0.25, 0.3) is 0 Å². The van der Waals surface area contributed by atoms with Gasteiger partial charge < -0.3 is 15.4 Å². The van der Waals surface area contributed by atoms with Gasteiger partial charge in [0.05, 0.1) is 22.2 Å². The molecule has 1 aromatic heterocycles. The molecular weight excluding hydrogens is 371 g/mol. The number of nitrogen functional groups attached to an aromatic ring is 1. The molecule has 5 nitrogen and oxygen atoms in total. The largest absolute Gasteiger partial charge is 0.478 e. The van der Waals surface area contributed by atoms with E-state index in [2.05, 4.69) is 4.98 Å². The molecule has 1 saturated carbocycles. The number of anilines is 1. The van der Waals surface area contributed by atoms with E-state index >= 15 is 0 Å². The number of aromatic carboxylic acids is 1. The van der Waals surface area contributed by atoms with Crippen molar-refractivity contribution < 1.29 is 23.1 Å². The van der Waals surface area contributed by atoms with Crippen molar-refractivity contribution in [1.29, 1.82) is 0 Å². The van der Waals surface area contributed by atoms with Gasteiger partial charge in [-0.2, -0.15) is 13.2 Å². The number of aromatic nitrogens is 2. The number of carboxylic acid groups (broad SMARTS) is 1. The lowest BCUT2D eigenvalue weighted by Gasteiger charge is -2.18. The third-order valence-corrected chi connectivity index (χ3v) is 5.25. The molecule has 0 unspecified atom stereocenters. The number of nitrogens with zero attached hydrogens (tertiary/aromatic N) is 2. The van der Waals surface area contributed by atoms with E-state index in [0.29, 0.717) is 16.9 Å². The van der Waals surface area contributed by atoms with E-state index in [1.807, 2.05) is 4.57 Å². The van der Waals surface area contributed by atoms with Crippen molar-refractivity contribution >= 4 is 22.7 Å². The van der Waals surface area contributed by atoms with Crippen LogP contribution in [0.25, 0.3) is 22.4 Å². The molecule has 1 fully saturated rings. The van der Waals surface area contributed by atoms with Crippen molar-refractivity contribution in [2.75, 3.05) is 5.73 Å². The number of hydrogen-bond donors (Lipinski definition) is 2. The Bertz CT molecular complexity index is 1070. The molecule has 3 N–H and O–H groups in total. The van der Waals surface area contributed by atoms with Crippen molar-refractivity contribution in [3.63, 3.8) is 0 Å². The Labute approximate surface area is 158 Å². The van der Waals surface area contributed by atoms with Gasteiger partial charge in [0.2, 0.25) is 0 Å². The minimum absolute atomic E-state index is 0.0761. The van der Waals surface area contributed by atoms with Gasteiger partial charge in [-0.05, 0) is 49.2 Å². The van der Waals surface area contributed by atoms with Gasteiger partial charge in [-0.25, -0.2) is 9.78 Å². The van der Waals surface area contributed by atoms with Gasteiger partial charge in [-0.1, -0.05) is 12.8 Å². The van der Waals surface area contributed by atoms with Crippen LogP contribution in [0.3, 0.4) is 0 Å². The van der Waals surface area contributed by atoms with Crippen LogP contribution in [0.2, 0.25) is 0 Å². The second kappa shape index (κ2) is 6.54. The number of nitrogens with two attached hydrogens (primary N) is 1. The van der Waals surface area contributed by atoms with E-state index < -0.39 is 17.7 Å². The van der Waals surface area contributed by atoms with Crippen LogP contribution in [0.15, 0.2) is 36.4 Å². The number of halogens is 3. The minimum atomic E-state index is -4.50. The van der Waals surface area contributed by atoms with E-state index in [4.69, 9.17) is 5.73 Å². The summed E-state index contributed by atoms with van der Waals surface area (Å²) in [5.41, 5.74) is 6.82. The summed E-state index contributed by atoms with van der Waals surface area (Å²) in [4.78, 5) is 15.8. The lowest BCUT2D eigenvalue weighted by Crippen LogP contribution is -2.10. The maximum Gasteiger partial charge on any atom is 0.416 e. The number of benzene rings is 2. The smallest absolute Gasteiger partial charge is 0.416 e. The van der Waals surface area contributed by atoms with Gasteiger partial charge in [0.1, 0.15) is 5.82 Å². The predicted molar refractivity (Wildman–Crippen MR) is 99.0 cm³/mol. The molecule has 3 aromatic rings. The van der Waals surface area contributed by atoms with E-state index in [0.717, 1.165) is 37.8 Å². The molecule has 8 heteroatoms. The third-order valence-electron chi connectivity index (χ3n) is 5.25. The first-order valence-electron chi connectivity index (χ1n) is 8.98. The molecule has 0 radical (unpaired) electrons. The SMILES string of the molecule is Nc1ccc(C(F)(F)F)cc1-c1nc2cc(C(=O)O)ccc2n1C1CCCC1. The molecule has 0 spiro atoms. The molecule has 4 rings (SSSR count). The predicted octanol–water partition coefficient (Wildman–Crippen LogP) is 5.12. The minimum Gasteiger partial charge on any atom is -0.478 e. The highest BCUT2D eigenvalue weighted by atomic mass is 19.4. The second-order valence-corrected chi connectivity index (χ2v) is 7.05. The maximum absolute atomic E-state index is 13.2. The van der Waals surface area contributed by atoms with Crippen molar-refractivity contribution in [3.8, 4) is 11.4 Å². The molecule has 0 aliphatic heterocycles. The van der Waals surface area contributed by atoms with E-state index in [9.17, 15) is 23.1 Å². The zero-order chi connectivity index (χ0) is 20.1. The third kappa shape index (κ3) is 3.08. The summed E-state index contributed by atoms with van der Waals surface area (Å²) in [6, 6.07) is 7.87. The van der Waals surface area contributed by atoms with Crippen LogP contribution in [0.4, 0.5) is 18.9 Å². The molecule has 1 aliphatic carbocycles. The first-order valence-corrected chi connectivity index (χ1v) is 8.98. The molecule has 1 heterocycles. The number of alkyl halides is 3. The zero-order valence-electron chi connectivity index (χ0n) is 14.8. The highest BCUT2D eigenvalue weighted by Gasteiger charge is 2.32. The number of carbonyl (C=O) groups is 1. The first kappa shape index (κ1) is 18.3. The second-order valence-electron chi connectivity index (χ2n) is 7.05. The molecule has 0 atom stereocenters. The molecule has 2 aromatic carbocycles. The summed E-state index contributed by atoms with van der Waals surface area (Å²) in [5, 5.41) is 9.24. The van der Waals surface area contributed by atoms with Gasteiger partial charge in [0.15, 0.2) is 0 Å². The van der Waals surface area contributed by atoms with Gasteiger partial charge in [-0.15, -0.1) is 0 Å². The fourth-order valence-electron chi connectivity index (χ4n) is 3.88. The summed E-state index contributed by atoms with van der Waals surface area (Å²) in [5.74, 6) is -0.745. The summed E-state index contributed by atoms with van der Waals surface area (Å²) < 4.78 is 41.6. The lowest BCUT2D eigenvalue weighted by molar-refractivity contribution is -0.137. The van der Waals surface area contributed by atoms with Crippen LogP contribution in [-0.4, -0.2) is 20.6 Å². The molecule has 146 valence electrons. The van der Waals surface area contributed by atoms with Crippen LogP contribution in [0, 0.1) is 0 Å². The topological polar surface area (TPSA) is 81.1 Å². The monoisotopic (exact) mass is 389 g/mol. The Morgan fingerprint density at radius 3 is 2.50 bits per heavy atom. The Morgan fingerprint density at radius 1 is 1.14 bits per heavy atom. The van der Waals surface area contributed by atoms with Crippen molar-refractivity contribution in [2.45, 2.75) is 37.9 Å². The van der Waals surface area contributed by atoms with Gasteiger partial charge in [-0.3, -0.25) is 0 Å². The highest BCUT2D eigenvalue weighted by Crippen LogP contribution is 2.40. The molecular formula is C20H18F3N3O2. The van der Waals surface area contributed by atoms with Crippen LogP contribution in [-0.2, 0) is 6.18 Å². The number of fused-ring (bicyclic) bond motifs is 1. The Balaban J connectivity index is 1.98. The van der Waals surface area contributed by atoms with E-state index in [1.54, 1.807) is 6.07 Å². The standard InChI is InChI=1S/C20H18F3N3O2/c21-20(22,23)12-6-7-15(24)14(10-12)18-25-16-9-11(19(27)28)5-8-17(16)26(18)13-3-1-2-4-13/h5-10,13H,1-4,24H2,(H,27,28). The quantitative estimate of drug-likeness (QED) is 0.610. The molecule has 0 amide bonds. The van der Waals surface area contributed by atoms with Crippen LogP contribution in [0.5, 0.6) is 0 Å². The molecule has 1 aliphatic rings. The van der Waals surface area contributed by atoms with E-state index in [-0.39, 0.29) is 22.9 Å². The Hall–Kier alpha value is -3.03. The number of hydrogen-bond acceptors (Lipinski definition) is 3. The normalized spacial score (nSPS) is 15.4. The summed E-state index contributed by atoms with van der Waals surface area (Å²) in [7, 11) is 0. The molecule has 0 bridgehead atoms. The van der Waals surface area contributed by atoms with Crippen LogP contribution < -0.4 is 5.73 Å². The fraction of sp³-hybridized carbons (Fsp3) is 0.300. The summed E-state index contributed by atoms with van der Waals surface area (Å²) in [6.45, 7) is 0. The van der Waals surface area contributed by atoms with Crippen LogP contribution in [0.1, 0.15) is 47.6 Å². The zero-order valence-corrected chi connectivity index (χ0v) is 14.8. The molecule has 28 heavy (non-hydrogen) atoms. The first-order chi connectivity index (χ1) is 13.3. The van der Waals surface area contributed by atoms with Crippen molar-refractivity contribution in [2.24, 2.45) is 0 Å². The number of carboxylic acids is 1. The maximum atomic E-state index is 13.2. The Kier molecular flexibility index (Phi) is 4.28.